The molecule has 68 valence electrons. The lowest BCUT2D eigenvalue weighted by Gasteiger charge is -2.00. The fourth-order valence-electron chi connectivity index (χ4n) is 0.483. The largest absolute Gasteiger partial charge is 0.478 e. The first-order valence-electron chi connectivity index (χ1n) is 3.29. The van der Waals surface area contributed by atoms with Gasteiger partial charge in [-0.3, -0.25) is 9.52 Å². The normalized spacial score (nSPS) is 12.2. The summed E-state index contributed by atoms with van der Waals surface area (Å²) in [6.45, 7) is 2.90. The summed E-state index contributed by atoms with van der Waals surface area (Å²) in [7, 11) is 1.60. The van der Waals surface area contributed by atoms with Crippen molar-refractivity contribution in [3.63, 3.8) is 0 Å². The minimum atomic E-state index is -1.06. The van der Waals surface area contributed by atoms with Gasteiger partial charge in [0.15, 0.2) is 0 Å². The van der Waals surface area contributed by atoms with E-state index in [1.807, 2.05) is 0 Å². The second kappa shape index (κ2) is 4.95. The molecule has 4 nitrogen and oxygen atoms in total. The minimum absolute atomic E-state index is 0.0859. The van der Waals surface area contributed by atoms with E-state index in [4.69, 9.17) is 5.11 Å². The van der Waals surface area contributed by atoms with Crippen LogP contribution in [0.2, 0.25) is 0 Å². The number of aliphatic carboxylic acids is 1. The van der Waals surface area contributed by atoms with Crippen LogP contribution in [0.3, 0.4) is 0 Å². The van der Waals surface area contributed by atoms with Crippen LogP contribution in [-0.2, 0) is 9.59 Å². The number of hydrogen-bond donors (Lipinski definition) is 2. The Labute approximate surface area is 75.2 Å². The van der Waals surface area contributed by atoms with Gasteiger partial charge in [0.1, 0.15) is 0 Å². The first-order chi connectivity index (χ1) is 5.50. The van der Waals surface area contributed by atoms with Crippen molar-refractivity contribution in [1.82, 2.24) is 4.72 Å². The van der Waals surface area contributed by atoms with E-state index in [0.29, 0.717) is 0 Å². The second-order valence-corrected chi connectivity index (χ2v) is 3.13. The molecule has 0 heterocycles. The topological polar surface area (TPSA) is 66.4 Å². The van der Waals surface area contributed by atoms with Crippen molar-refractivity contribution in [2.24, 2.45) is 0 Å². The molecule has 0 aliphatic carbocycles. The van der Waals surface area contributed by atoms with Crippen LogP contribution in [0.5, 0.6) is 0 Å². The van der Waals surface area contributed by atoms with Crippen LogP contribution in [0.1, 0.15) is 13.8 Å². The predicted octanol–water partition coefficient (Wildman–Crippen LogP) is 0.802. The highest BCUT2D eigenvalue weighted by atomic mass is 32.2. The fourth-order valence-corrected chi connectivity index (χ4v) is 0.974. The zero-order valence-electron chi connectivity index (χ0n) is 7.17. The molecule has 0 aromatic heterocycles. The van der Waals surface area contributed by atoms with Crippen LogP contribution in [0.15, 0.2) is 11.1 Å². The Morgan fingerprint density at radius 1 is 1.25 bits per heavy atom. The third kappa shape index (κ3) is 3.06. The van der Waals surface area contributed by atoms with Gasteiger partial charge in [-0.05, 0) is 32.8 Å². The minimum Gasteiger partial charge on any atom is -0.478 e. The highest BCUT2D eigenvalue weighted by Crippen LogP contribution is 2.10. The molecule has 0 rings (SSSR count). The lowest BCUT2D eigenvalue weighted by Crippen LogP contribution is -2.08. The number of carboxylic acids is 1. The maximum atomic E-state index is 11.1. The Hall–Kier alpha value is -0.810. The Morgan fingerprint density at radius 3 is 2.08 bits per heavy atom. The molecule has 0 radical (unpaired) electrons. The molecular weight excluding hydrogens is 178 g/mol. The van der Waals surface area contributed by atoms with Crippen molar-refractivity contribution >= 4 is 23.0 Å². The summed E-state index contributed by atoms with van der Waals surface area (Å²) < 4.78 is 2.58. The van der Waals surface area contributed by atoms with Gasteiger partial charge < -0.3 is 5.11 Å². The molecule has 12 heavy (non-hydrogen) atoms. The van der Waals surface area contributed by atoms with Gasteiger partial charge in [-0.1, -0.05) is 0 Å². The van der Waals surface area contributed by atoms with Crippen LogP contribution in [0.4, 0.5) is 0 Å². The summed E-state index contributed by atoms with van der Waals surface area (Å²) in [5.41, 5.74) is 0.351. The fraction of sp³-hybridized carbons (Fsp3) is 0.429. The third-order valence-electron chi connectivity index (χ3n) is 1.38. The number of nitrogens with one attached hydrogen (secondary N) is 1. The van der Waals surface area contributed by atoms with E-state index in [-0.39, 0.29) is 16.3 Å². The molecule has 0 bridgehead atoms. The van der Waals surface area contributed by atoms with Gasteiger partial charge >= 0.3 is 5.97 Å². The van der Waals surface area contributed by atoms with Gasteiger partial charge in [-0.25, -0.2) is 4.79 Å². The van der Waals surface area contributed by atoms with Crippen LogP contribution in [0, 0.1) is 0 Å². The first-order valence-corrected chi connectivity index (χ1v) is 4.11. The number of hydrogen-bond acceptors (Lipinski definition) is 4. The van der Waals surface area contributed by atoms with Crippen molar-refractivity contribution in [2.75, 3.05) is 7.05 Å². The van der Waals surface area contributed by atoms with Crippen molar-refractivity contribution in [3.05, 3.63) is 11.1 Å². The molecule has 0 aromatic rings. The smallest absolute Gasteiger partial charge is 0.331 e. The summed E-state index contributed by atoms with van der Waals surface area (Å²) in [5.74, 6) is -1.06. The molecule has 0 aliphatic rings. The molecule has 0 spiro atoms. The van der Waals surface area contributed by atoms with Crippen molar-refractivity contribution in [2.45, 2.75) is 13.8 Å². The van der Waals surface area contributed by atoms with E-state index in [2.05, 4.69) is 4.72 Å². The number of carbonyl (C=O) groups excluding carboxylic acids is 1. The maximum absolute atomic E-state index is 11.1. The lowest BCUT2D eigenvalue weighted by molar-refractivity contribution is -0.132. The Morgan fingerprint density at radius 2 is 1.75 bits per heavy atom. The number of rotatable bonds is 3. The van der Waals surface area contributed by atoms with Gasteiger partial charge in [-0.2, -0.15) is 0 Å². The zero-order chi connectivity index (χ0) is 9.72. The Balaban J connectivity index is 4.55. The maximum Gasteiger partial charge on any atom is 0.331 e. The highest BCUT2D eigenvalue weighted by molar-refractivity contribution is 8.12. The molecule has 0 saturated heterocycles. The van der Waals surface area contributed by atoms with E-state index in [9.17, 15) is 9.59 Å². The molecular formula is C7H11NO3S. The zero-order valence-corrected chi connectivity index (χ0v) is 7.99. The Kier molecular flexibility index (Phi) is 4.61. The van der Waals surface area contributed by atoms with Crippen molar-refractivity contribution in [3.8, 4) is 0 Å². The average Bonchev–Trinajstić information content (AvgIpc) is 2.02. The summed E-state index contributed by atoms with van der Waals surface area (Å²) in [5, 5.41) is 8.26. The number of carbonyl (C=O) groups is 2. The van der Waals surface area contributed by atoms with Gasteiger partial charge in [0.05, 0.1) is 0 Å². The van der Waals surface area contributed by atoms with E-state index in [1.165, 1.54) is 13.8 Å². The molecule has 0 saturated carbocycles. The number of carboxylic acid groups (broad SMARTS) is 1. The molecule has 0 amide bonds. The van der Waals surface area contributed by atoms with E-state index in [1.54, 1.807) is 7.05 Å². The first kappa shape index (κ1) is 11.2. The summed E-state index contributed by atoms with van der Waals surface area (Å²) >= 11 is 0.875. The third-order valence-corrected chi connectivity index (χ3v) is 2.08. The molecule has 0 unspecified atom stereocenters. The van der Waals surface area contributed by atoms with Crippen LogP contribution >= 0.6 is 11.9 Å². The monoisotopic (exact) mass is 189 g/mol. The second-order valence-electron chi connectivity index (χ2n) is 2.15. The summed E-state index contributed by atoms with van der Waals surface area (Å²) in [6, 6.07) is 0. The molecule has 5 heteroatoms. The van der Waals surface area contributed by atoms with Gasteiger partial charge in [-0.15, -0.1) is 0 Å². The van der Waals surface area contributed by atoms with E-state index >= 15 is 0 Å². The molecule has 0 aliphatic heterocycles. The van der Waals surface area contributed by atoms with Gasteiger partial charge in [0.2, 0.25) is 5.12 Å². The standard InChI is InChI=1S/C7H11NO3S/c1-4(6(9)10)5(2)7(11)12-8-3/h8H,1-3H3,(H,9,10)/b5-4-. The van der Waals surface area contributed by atoms with E-state index < -0.39 is 5.97 Å². The van der Waals surface area contributed by atoms with E-state index in [0.717, 1.165) is 11.9 Å². The van der Waals surface area contributed by atoms with Crippen LogP contribution < -0.4 is 4.72 Å². The molecule has 2 N–H and O–H groups in total. The molecule has 0 fully saturated rings. The predicted molar refractivity (Wildman–Crippen MR) is 47.7 cm³/mol. The van der Waals surface area contributed by atoms with Crippen molar-refractivity contribution in [1.29, 1.82) is 0 Å². The SMILES string of the molecule is CNSC(=O)/C(C)=C(/C)C(=O)O. The quantitative estimate of drug-likeness (QED) is 0.508. The molecule has 0 atom stereocenters. The van der Waals surface area contributed by atoms with Crippen LogP contribution in [-0.4, -0.2) is 23.2 Å². The summed E-state index contributed by atoms with van der Waals surface area (Å²) in [6.07, 6.45) is 0. The highest BCUT2D eigenvalue weighted by Gasteiger charge is 2.12. The summed E-state index contributed by atoms with van der Waals surface area (Å²) in [4.78, 5) is 21.5. The van der Waals surface area contributed by atoms with Crippen molar-refractivity contribution < 1.29 is 14.7 Å². The van der Waals surface area contributed by atoms with Crippen LogP contribution in [0.25, 0.3) is 0 Å². The Bertz CT molecular complexity index is 235. The van der Waals surface area contributed by atoms with Gasteiger partial charge in [0, 0.05) is 11.1 Å². The molecule has 0 aromatic carbocycles. The lowest BCUT2D eigenvalue weighted by atomic mass is 10.2. The van der Waals surface area contributed by atoms with Gasteiger partial charge in [0.25, 0.3) is 0 Å². The average molecular weight is 189 g/mol.